The molecule has 0 spiro atoms. The molecule has 1 aromatic heterocycles. The number of fused-ring (bicyclic) bond motifs is 1. The Bertz CT molecular complexity index is 392. The number of nitrogen functional groups attached to an aromatic ring is 1. The number of nitrogens with zero attached hydrogens (tertiary/aromatic N) is 2. The van der Waals surface area contributed by atoms with Gasteiger partial charge in [-0.15, -0.1) is 0 Å². The van der Waals surface area contributed by atoms with Crippen LogP contribution in [0.4, 0.5) is 10.6 Å². The molecule has 0 aliphatic carbocycles. The number of aromatic nitrogens is 1. The summed E-state index contributed by atoms with van der Waals surface area (Å²) in [6, 6.07) is 3.69. The molecule has 15 heavy (non-hydrogen) atoms. The van der Waals surface area contributed by atoms with Gasteiger partial charge in [0.05, 0.1) is 0 Å². The summed E-state index contributed by atoms with van der Waals surface area (Å²) in [4.78, 5) is 16.4. The van der Waals surface area contributed by atoms with Crippen molar-refractivity contribution in [3.63, 3.8) is 0 Å². The third-order valence-corrected chi connectivity index (χ3v) is 2.63. The number of amides is 1. The quantitative estimate of drug-likeness (QED) is 0.657. The van der Waals surface area contributed by atoms with Crippen molar-refractivity contribution in [2.75, 3.05) is 18.8 Å². The molecule has 5 nitrogen and oxygen atoms in total. The highest BCUT2D eigenvalue weighted by Crippen LogP contribution is 2.15. The van der Waals surface area contributed by atoms with Gasteiger partial charge in [-0.2, -0.15) is 0 Å². The van der Waals surface area contributed by atoms with Crippen LogP contribution in [-0.2, 0) is 12.8 Å². The van der Waals surface area contributed by atoms with E-state index in [9.17, 15) is 4.79 Å². The van der Waals surface area contributed by atoms with E-state index in [2.05, 4.69) is 4.98 Å². The third-order valence-electron chi connectivity index (χ3n) is 2.63. The number of hydrogen-bond donors (Lipinski definition) is 2. The van der Waals surface area contributed by atoms with Crippen molar-refractivity contribution in [2.45, 2.75) is 12.8 Å². The Hall–Kier alpha value is -1.78. The summed E-state index contributed by atoms with van der Waals surface area (Å²) in [5.41, 5.74) is 7.62. The second-order valence-corrected chi connectivity index (χ2v) is 3.61. The predicted octanol–water partition coefficient (Wildman–Crippen LogP) is 0.742. The van der Waals surface area contributed by atoms with Gasteiger partial charge in [0.2, 0.25) is 0 Å². The Labute approximate surface area is 87.5 Å². The molecule has 0 unspecified atom stereocenters. The summed E-state index contributed by atoms with van der Waals surface area (Å²) in [6.07, 6.45) is 0.498. The van der Waals surface area contributed by atoms with Crippen LogP contribution in [0.3, 0.4) is 0 Å². The maximum atomic E-state index is 10.8. The van der Waals surface area contributed by atoms with Crippen molar-refractivity contribution in [1.82, 2.24) is 9.88 Å². The van der Waals surface area contributed by atoms with Crippen molar-refractivity contribution in [3.05, 3.63) is 23.4 Å². The van der Waals surface area contributed by atoms with Crippen LogP contribution < -0.4 is 5.73 Å². The van der Waals surface area contributed by atoms with Crippen LogP contribution in [0.15, 0.2) is 12.1 Å². The lowest BCUT2D eigenvalue weighted by molar-refractivity contribution is 0.147. The Kier molecular flexibility index (Phi) is 2.45. The highest BCUT2D eigenvalue weighted by atomic mass is 16.4. The van der Waals surface area contributed by atoms with E-state index in [1.807, 2.05) is 6.07 Å². The van der Waals surface area contributed by atoms with Gasteiger partial charge in [-0.25, -0.2) is 9.78 Å². The first kappa shape index (κ1) is 9.76. The third kappa shape index (κ3) is 2.01. The number of nitrogens with two attached hydrogens (primary N) is 1. The van der Waals surface area contributed by atoms with E-state index in [1.165, 1.54) is 4.90 Å². The van der Waals surface area contributed by atoms with Crippen molar-refractivity contribution in [1.29, 1.82) is 0 Å². The number of anilines is 1. The first-order valence-electron chi connectivity index (χ1n) is 4.89. The van der Waals surface area contributed by atoms with Crippen LogP contribution in [0.2, 0.25) is 0 Å². The smallest absolute Gasteiger partial charge is 0.407 e. The summed E-state index contributed by atoms with van der Waals surface area (Å²) in [6.45, 7) is 1.03. The molecule has 2 rings (SSSR count). The molecule has 5 heteroatoms. The van der Waals surface area contributed by atoms with Crippen LogP contribution in [0.1, 0.15) is 11.3 Å². The Morgan fingerprint density at radius 3 is 2.87 bits per heavy atom. The molecular weight excluding hydrogens is 194 g/mol. The van der Waals surface area contributed by atoms with Gasteiger partial charge < -0.3 is 15.7 Å². The molecule has 1 aliphatic rings. The number of pyridine rings is 1. The molecule has 0 radical (unpaired) electrons. The lowest BCUT2D eigenvalue weighted by atomic mass is 10.1. The van der Waals surface area contributed by atoms with Gasteiger partial charge in [-0.3, -0.25) is 0 Å². The van der Waals surface area contributed by atoms with Gasteiger partial charge in [0, 0.05) is 25.2 Å². The van der Waals surface area contributed by atoms with Crippen LogP contribution in [0.25, 0.3) is 0 Å². The molecule has 1 aromatic rings. The summed E-state index contributed by atoms with van der Waals surface area (Å²) in [7, 11) is 0. The number of carbonyl (C=O) groups is 1. The molecule has 1 aliphatic heterocycles. The molecule has 0 bridgehead atoms. The Morgan fingerprint density at radius 1 is 1.40 bits per heavy atom. The van der Waals surface area contributed by atoms with E-state index >= 15 is 0 Å². The zero-order chi connectivity index (χ0) is 10.8. The molecule has 2 heterocycles. The first-order valence-corrected chi connectivity index (χ1v) is 4.89. The Morgan fingerprint density at radius 2 is 2.13 bits per heavy atom. The highest BCUT2D eigenvalue weighted by molar-refractivity contribution is 5.65. The van der Waals surface area contributed by atoms with Crippen LogP contribution in [-0.4, -0.2) is 34.2 Å². The summed E-state index contributed by atoms with van der Waals surface area (Å²) >= 11 is 0. The summed E-state index contributed by atoms with van der Waals surface area (Å²) in [5, 5.41) is 8.88. The maximum absolute atomic E-state index is 10.8. The number of rotatable bonds is 0. The average molecular weight is 207 g/mol. The zero-order valence-electron chi connectivity index (χ0n) is 8.31. The minimum Gasteiger partial charge on any atom is -0.465 e. The van der Waals surface area contributed by atoms with Gasteiger partial charge in [-0.1, -0.05) is 6.07 Å². The van der Waals surface area contributed by atoms with E-state index in [-0.39, 0.29) is 0 Å². The van der Waals surface area contributed by atoms with Gasteiger partial charge in [0.1, 0.15) is 5.82 Å². The highest BCUT2D eigenvalue weighted by Gasteiger charge is 2.18. The molecule has 0 saturated carbocycles. The molecular formula is C10H13N3O2. The average Bonchev–Trinajstić information content (AvgIpc) is 2.39. The molecule has 3 N–H and O–H groups in total. The summed E-state index contributed by atoms with van der Waals surface area (Å²) in [5.74, 6) is 0.498. The molecule has 0 aromatic carbocycles. The maximum Gasteiger partial charge on any atom is 0.407 e. The van der Waals surface area contributed by atoms with E-state index < -0.39 is 6.09 Å². The van der Waals surface area contributed by atoms with E-state index in [4.69, 9.17) is 10.8 Å². The Balaban J connectivity index is 2.21. The van der Waals surface area contributed by atoms with Crippen LogP contribution in [0, 0.1) is 0 Å². The molecule has 80 valence electrons. The fraction of sp³-hybridized carbons (Fsp3) is 0.400. The van der Waals surface area contributed by atoms with Crippen LogP contribution in [0.5, 0.6) is 0 Å². The normalized spacial score (nSPS) is 15.6. The zero-order valence-corrected chi connectivity index (χ0v) is 8.31. The summed E-state index contributed by atoms with van der Waals surface area (Å²) < 4.78 is 0. The van der Waals surface area contributed by atoms with Crippen molar-refractivity contribution >= 4 is 11.9 Å². The van der Waals surface area contributed by atoms with E-state index in [0.717, 1.165) is 17.7 Å². The first-order chi connectivity index (χ1) is 7.16. The van der Waals surface area contributed by atoms with Crippen molar-refractivity contribution < 1.29 is 9.90 Å². The molecule has 0 atom stereocenters. The van der Waals surface area contributed by atoms with Crippen LogP contribution >= 0.6 is 0 Å². The fourth-order valence-electron chi connectivity index (χ4n) is 1.79. The topological polar surface area (TPSA) is 79.5 Å². The second kappa shape index (κ2) is 3.76. The monoisotopic (exact) mass is 207 g/mol. The SMILES string of the molecule is Nc1ccc2c(n1)CCN(C(=O)O)CC2. The molecule has 1 amide bonds. The lowest BCUT2D eigenvalue weighted by Crippen LogP contribution is -2.31. The second-order valence-electron chi connectivity index (χ2n) is 3.61. The lowest BCUT2D eigenvalue weighted by Gasteiger charge is -2.14. The minimum absolute atomic E-state index is 0.498. The van der Waals surface area contributed by atoms with Crippen molar-refractivity contribution in [2.24, 2.45) is 0 Å². The molecule has 0 saturated heterocycles. The fourth-order valence-corrected chi connectivity index (χ4v) is 1.79. The standard InChI is InChI=1S/C10H13N3O2/c11-9-2-1-7-3-5-13(10(14)15)6-4-8(7)12-9/h1-2H,3-6H2,(H2,11,12)(H,14,15). The van der Waals surface area contributed by atoms with Gasteiger partial charge >= 0.3 is 6.09 Å². The van der Waals surface area contributed by atoms with Crippen molar-refractivity contribution in [3.8, 4) is 0 Å². The van der Waals surface area contributed by atoms with E-state index in [0.29, 0.717) is 25.3 Å². The van der Waals surface area contributed by atoms with Gasteiger partial charge in [-0.05, 0) is 18.1 Å². The minimum atomic E-state index is -0.865. The molecule has 0 fully saturated rings. The van der Waals surface area contributed by atoms with Gasteiger partial charge in [0.25, 0.3) is 0 Å². The number of hydrogen-bond acceptors (Lipinski definition) is 3. The number of carboxylic acid groups (broad SMARTS) is 1. The van der Waals surface area contributed by atoms with Gasteiger partial charge in [0.15, 0.2) is 0 Å². The van der Waals surface area contributed by atoms with E-state index in [1.54, 1.807) is 6.07 Å². The largest absolute Gasteiger partial charge is 0.465 e. The predicted molar refractivity (Wildman–Crippen MR) is 55.7 cm³/mol.